The summed E-state index contributed by atoms with van der Waals surface area (Å²) in [5, 5.41) is 25.9. The standard InChI is InChI=1S/C82H48/c1-6-23-49(24-7-1)54-33-16-18-35-60(54)72-63-39-21-42-66-75(63)77(81-62-38-20-37-59-56(51-27-10-3-11-28-51)43-46-67(70(59)62)79(72)81)65-41-22-40-64-73(61-36-19-17-34-55(61)50-25-8-2-9-26-50)80-68-47-44-57(52-29-12-4-13-30-52)71-58(53-31-14-5-15-32-53)45-48-69(74(68)71)82(80)78(66)76(64)65/h1-48H. The Labute approximate surface area is 474 Å². The SMILES string of the molecule is c1ccc(-c2ccccc2-c2c3cccc4c3c(c3cccc5c(-c6ccccc6-c6ccccc6)c6c7ccc(-c8ccccc8)c8c(-c9ccccc9)ccc(c87)c6c4c53)c3c4cccc5c(-c6ccccc6)ccc(c23)c54)cc1. The molecular weight excluding hydrogens is 985 g/mol. The highest BCUT2D eigenvalue weighted by atomic mass is 14.3. The smallest absolute Gasteiger partial charge is 0.000695 e. The maximum absolute atomic E-state index is 2.47. The van der Waals surface area contributed by atoms with E-state index in [1.807, 2.05) is 0 Å². The maximum atomic E-state index is 2.47. The van der Waals surface area contributed by atoms with Crippen molar-refractivity contribution in [3.8, 4) is 77.9 Å². The first kappa shape index (κ1) is 45.2. The van der Waals surface area contributed by atoms with E-state index in [0.29, 0.717) is 0 Å². The van der Waals surface area contributed by atoms with Gasteiger partial charge in [-0.05, 0) is 186 Å². The van der Waals surface area contributed by atoms with Gasteiger partial charge in [-0.15, -0.1) is 0 Å². The van der Waals surface area contributed by atoms with Gasteiger partial charge < -0.3 is 0 Å². The van der Waals surface area contributed by atoms with E-state index in [1.54, 1.807) is 0 Å². The van der Waals surface area contributed by atoms with Crippen LogP contribution in [-0.4, -0.2) is 0 Å². The Balaban J connectivity index is 1.11. The molecule has 18 rings (SSSR count). The summed E-state index contributed by atoms with van der Waals surface area (Å²) < 4.78 is 0. The fourth-order valence-corrected chi connectivity index (χ4v) is 15.1. The van der Waals surface area contributed by atoms with Gasteiger partial charge in [-0.1, -0.05) is 291 Å². The molecule has 0 amide bonds. The molecule has 0 aliphatic heterocycles. The fourth-order valence-electron chi connectivity index (χ4n) is 15.1. The second kappa shape index (κ2) is 17.4. The van der Waals surface area contributed by atoms with Crippen molar-refractivity contribution in [3.05, 3.63) is 291 Å². The lowest BCUT2D eigenvalue weighted by Gasteiger charge is -2.23. The Bertz CT molecular complexity index is 5520. The molecule has 0 bridgehead atoms. The predicted molar refractivity (Wildman–Crippen MR) is 353 cm³/mol. The molecule has 0 spiro atoms. The van der Waals surface area contributed by atoms with Crippen molar-refractivity contribution in [1.82, 2.24) is 0 Å². The Morgan fingerprint density at radius 1 is 0.110 bits per heavy atom. The molecule has 0 saturated carbocycles. The van der Waals surface area contributed by atoms with E-state index in [1.165, 1.54) is 186 Å². The van der Waals surface area contributed by atoms with E-state index in [4.69, 9.17) is 0 Å². The largest absolute Gasteiger partial charge is 0.0622 e. The zero-order valence-electron chi connectivity index (χ0n) is 44.7. The van der Waals surface area contributed by atoms with Crippen LogP contribution in [-0.2, 0) is 0 Å². The molecule has 0 unspecified atom stereocenters. The number of hydrogen-bond donors (Lipinski definition) is 0. The molecule has 0 nitrogen and oxygen atoms in total. The van der Waals surface area contributed by atoms with Gasteiger partial charge in [0.1, 0.15) is 0 Å². The van der Waals surface area contributed by atoms with Gasteiger partial charge in [0.2, 0.25) is 0 Å². The highest BCUT2D eigenvalue weighted by Gasteiger charge is 2.31. The molecule has 0 fully saturated rings. The van der Waals surface area contributed by atoms with Crippen molar-refractivity contribution in [1.29, 1.82) is 0 Å². The first-order valence-electron chi connectivity index (χ1n) is 28.7. The van der Waals surface area contributed by atoms with Crippen molar-refractivity contribution in [2.45, 2.75) is 0 Å². The van der Waals surface area contributed by atoms with Gasteiger partial charge in [0.05, 0.1) is 0 Å². The van der Waals surface area contributed by atoms with Crippen LogP contribution in [0.4, 0.5) is 0 Å². The average Bonchev–Trinajstić information content (AvgIpc) is 1.83. The minimum Gasteiger partial charge on any atom is -0.0622 e. The zero-order chi connectivity index (χ0) is 53.6. The molecule has 0 radical (unpaired) electrons. The molecule has 0 N–H and O–H groups in total. The van der Waals surface area contributed by atoms with E-state index in [2.05, 4.69) is 291 Å². The molecule has 18 aromatic rings. The van der Waals surface area contributed by atoms with Gasteiger partial charge in [0.25, 0.3) is 0 Å². The van der Waals surface area contributed by atoms with Gasteiger partial charge in [-0.2, -0.15) is 0 Å². The van der Waals surface area contributed by atoms with E-state index in [-0.39, 0.29) is 0 Å². The van der Waals surface area contributed by atoms with Crippen molar-refractivity contribution < 1.29 is 0 Å². The summed E-state index contributed by atoms with van der Waals surface area (Å²) in [6, 6.07) is 109. The van der Waals surface area contributed by atoms with Crippen LogP contribution < -0.4 is 0 Å². The summed E-state index contributed by atoms with van der Waals surface area (Å²) in [4.78, 5) is 0. The number of fused-ring (bicyclic) bond motifs is 10. The molecular formula is C82H48. The summed E-state index contributed by atoms with van der Waals surface area (Å²) in [6.45, 7) is 0. The van der Waals surface area contributed by atoms with Crippen LogP contribution in [0.25, 0.3) is 186 Å². The summed E-state index contributed by atoms with van der Waals surface area (Å²) in [7, 11) is 0. The molecule has 0 heteroatoms. The average molecular weight is 1030 g/mol. The van der Waals surface area contributed by atoms with Gasteiger partial charge in [-0.3, -0.25) is 0 Å². The number of rotatable bonds is 7. The lowest BCUT2D eigenvalue weighted by molar-refractivity contribution is 1.61. The van der Waals surface area contributed by atoms with E-state index < -0.39 is 0 Å². The van der Waals surface area contributed by atoms with Crippen LogP contribution in [0.2, 0.25) is 0 Å². The summed E-state index contributed by atoms with van der Waals surface area (Å²) in [6.07, 6.45) is 0. The van der Waals surface area contributed by atoms with Gasteiger partial charge in [-0.25, -0.2) is 0 Å². The predicted octanol–water partition coefficient (Wildman–Crippen LogP) is 23.2. The van der Waals surface area contributed by atoms with Gasteiger partial charge in [0.15, 0.2) is 0 Å². The monoisotopic (exact) mass is 1030 g/mol. The molecule has 0 saturated heterocycles. The molecule has 0 atom stereocenters. The Kier molecular flexibility index (Phi) is 9.61. The molecule has 0 aromatic heterocycles. The molecule has 82 heavy (non-hydrogen) atoms. The van der Waals surface area contributed by atoms with Crippen molar-refractivity contribution in [2.75, 3.05) is 0 Å². The lowest BCUT2D eigenvalue weighted by Crippen LogP contribution is -1.95. The molecule has 18 aromatic carbocycles. The topological polar surface area (TPSA) is 0 Å². The van der Waals surface area contributed by atoms with Crippen LogP contribution in [0.5, 0.6) is 0 Å². The van der Waals surface area contributed by atoms with E-state index >= 15 is 0 Å². The Hall–Kier alpha value is -10.7. The quantitative estimate of drug-likeness (QED) is 0.110. The highest BCUT2D eigenvalue weighted by molar-refractivity contribution is 6.54. The van der Waals surface area contributed by atoms with Crippen molar-refractivity contribution >= 4 is 108 Å². The fraction of sp³-hybridized carbons (Fsp3) is 0. The molecule has 0 aliphatic carbocycles. The Morgan fingerprint density at radius 2 is 0.378 bits per heavy atom. The number of benzene rings is 16. The number of hydrogen-bond acceptors (Lipinski definition) is 0. The first-order valence-corrected chi connectivity index (χ1v) is 28.7. The summed E-state index contributed by atoms with van der Waals surface area (Å²) in [5.74, 6) is 0. The van der Waals surface area contributed by atoms with E-state index in [0.717, 1.165) is 0 Å². The minimum absolute atomic E-state index is 1.20. The third-order valence-electron chi connectivity index (χ3n) is 18.3. The lowest BCUT2D eigenvalue weighted by atomic mass is 9.79. The zero-order valence-corrected chi connectivity index (χ0v) is 44.7. The Morgan fingerprint density at radius 3 is 0.805 bits per heavy atom. The third-order valence-corrected chi connectivity index (χ3v) is 18.3. The summed E-state index contributed by atoms with van der Waals surface area (Å²) >= 11 is 0. The minimum atomic E-state index is 1.20. The van der Waals surface area contributed by atoms with Crippen LogP contribution in [0.1, 0.15) is 0 Å². The van der Waals surface area contributed by atoms with Crippen molar-refractivity contribution in [3.63, 3.8) is 0 Å². The van der Waals surface area contributed by atoms with E-state index in [9.17, 15) is 0 Å². The first-order chi connectivity index (χ1) is 40.8. The van der Waals surface area contributed by atoms with Crippen LogP contribution in [0.3, 0.4) is 0 Å². The van der Waals surface area contributed by atoms with Gasteiger partial charge in [0, 0.05) is 0 Å². The maximum Gasteiger partial charge on any atom is -0.000695 e. The van der Waals surface area contributed by atoms with Crippen LogP contribution in [0.15, 0.2) is 291 Å². The van der Waals surface area contributed by atoms with Crippen LogP contribution in [0, 0.1) is 0 Å². The highest BCUT2D eigenvalue weighted by Crippen LogP contribution is 2.59. The second-order valence-corrected chi connectivity index (χ2v) is 22.3. The molecule has 0 heterocycles. The summed E-state index contributed by atoms with van der Waals surface area (Å²) in [5.41, 5.74) is 17.3. The second-order valence-electron chi connectivity index (χ2n) is 22.3. The van der Waals surface area contributed by atoms with Gasteiger partial charge >= 0.3 is 0 Å². The molecule has 376 valence electrons. The third kappa shape index (κ3) is 6.21. The van der Waals surface area contributed by atoms with Crippen molar-refractivity contribution in [2.24, 2.45) is 0 Å². The normalized spacial score (nSPS) is 12.1. The molecule has 0 aliphatic rings. The van der Waals surface area contributed by atoms with Crippen LogP contribution >= 0.6 is 0 Å².